The van der Waals surface area contributed by atoms with Crippen molar-refractivity contribution in [3.8, 4) is 22.3 Å². The van der Waals surface area contributed by atoms with Gasteiger partial charge >= 0.3 is 0 Å². The van der Waals surface area contributed by atoms with Gasteiger partial charge in [-0.25, -0.2) is 0 Å². The summed E-state index contributed by atoms with van der Waals surface area (Å²) in [5.41, 5.74) is 8.07. The molecule has 3 nitrogen and oxygen atoms in total. The van der Waals surface area contributed by atoms with Gasteiger partial charge in [-0.1, -0.05) is 96.8 Å². The minimum atomic E-state index is -0.564. The van der Waals surface area contributed by atoms with E-state index in [0.29, 0.717) is 16.9 Å². The van der Waals surface area contributed by atoms with Crippen LogP contribution in [-0.2, 0) is 0 Å². The number of anilines is 3. The van der Waals surface area contributed by atoms with E-state index < -0.39 is 60.4 Å². The Hall–Kier alpha value is -4.50. The molecule has 0 radical (unpaired) electrons. The van der Waals surface area contributed by atoms with Gasteiger partial charge in [0.1, 0.15) is 11.3 Å². The molecular weight excluding hydrogens is 404 g/mol. The van der Waals surface area contributed by atoms with E-state index in [9.17, 15) is 0 Å². The van der Waals surface area contributed by atoms with Gasteiger partial charge in [-0.3, -0.25) is 0 Å². The average Bonchev–Trinajstić information content (AvgIpc) is 3.38. The van der Waals surface area contributed by atoms with Gasteiger partial charge in [-0.15, -0.1) is 0 Å². The lowest BCUT2D eigenvalue weighted by Gasteiger charge is -2.19. The smallest absolute Gasteiger partial charge is 0.160 e. The summed E-state index contributed by atoms with van der Waals surface area (Å²) in [5, 5.41) is 4.79. The monoisotopic (exact) mass is 436 g/mol. The van der Waals surface area contributed by atoms with Crippen LogP contribution in [0.15, 0.2) is 119 Å². The van der Waals surface area contributed by atoms with Crippen molar-refractivity contribution in [3.63, 3.8) is 0 Å². The number of nitrogens with one attached hydrogen (secondary N) is 1. The normalized spacial score (nSPS) is 15.4. The molecule has 3 heteroatoms. The Labute approximate surface area is 206 Å². The summed E-state index contributed by atoms with van der Waals surface area (Å²) in [6.07, 6.45) is 0. The minimum absolute atomic E-state index is 0.110. The van der Waals surface area contributed by atoms with Gasteiger partial charge in [0.15, 0.2) is 5.58 Å². The predicted molar refractivity (Wildman–Crippen MR) is 139 cm³/mol. The standard InChI is InChI=1S/C30H22N2O/c31-26-19-18-25-24-14-7-8-17-27(24)33-30(25)29(26)32-28-22(20-10-3-1-4-11-20)15-9-16-23(28)21-12-5-2-6-13-21/h1-19,32H,31H2/i1D,2D,3D,4D,5D,6D,10D,11D,12D,13D. The number of rotatable bonds is 4. The fourth-order valence-electron chi connectivity index (χ4n) is 3.93. The average molecular weight is 437 g/mol. The molecule has 0 spiro atoms. The Bertz CT molecular complexity index is 2000. The van der Waals surface area contributed by atoms with E-state index in [4.69, 9.17) is 23.9 Å². The maximum atomic E-state index is 8.65. The van der Waals surface area contributed by atoms with Crippen LogP contribution in [0, 0.1) is 0 Å². The van der Waals surface area contributed by atoms with E-state index in [0.717, 1.165) is 10.8 Å². The molecule has 6 rings (SSSR count). The first kappa shape index (κ1) is 11.4. The second-order valence-electron chi connectivity index (χ2n) is 7.36. The largest absolute Gasteiger partial charge is 0.454 e. The molecule has 0 aliphatic carbocycles. The minimum Gasteiger partial charge on any atom is -0.454 e. The van der Waals surface area contributed by atoms with Crippen LogP contribution in [0.25, 0.3) is 44.2 Å². The third-order valence-electron chi connectivity index (χ3n) is 5.43. The van der Waals surface area contributed by atoms with Crippen LogP contribution in [0.4, 0.5) is 17.1 Å². The summed E-state index contributed by atoms with van der Waals surface area (Å²) in [4.78, 5) is 0. The van der Waals surface area contributed by atoms with Crippen LogP contribution in [-0.4, -0.2) is 0 Å². The van der Waals surface area contributed by atoms with E-state index in [1.807, 2.05) is 18.2 Å². The fraction of sp³-hybridized carbons (Fsp3) is 0. The third kappa shape index (κ3) is 3.31. The van der Waals surface area contributed by atoms with Crippen LogP contribution in [0.1, 0.15) is 13.7 Å². The van der Waals surface area contributed by atoms with Gasteiger partial charge in [0.05, 0.1) is 25.1 Å². The van der Waals surface area contributed by atoms with E-state index in [1.54, 1.807) is 18.2 Å². The first-order valence-electron chi connectivity index (χ1n) is 15.2. The van der Waals surface area contributed by atoms with Crippen LogP contribution in [0.2, 0.25) is 0 Å². The van der Waals surface area contributed by atoms with E-state index in [2.05, 4.69) is 5.32 Å². The molecule has 6 aromatic rings. The highest BCUT2D eigenvalue weighted by Crippen LogP contribution is 2.43. The van der Waals surface area contributed by atoms with Crippen molar-refractivity contribution >= 4 is 39.0 Å². The van der Waals surface area contributed by atoms with Gasteiger partial charge in [-0.2, -0.15) is 0 Å². The van der Waals surface area contributed by atoms with Crippen molar-refractivity contribution in [1.29, 1.82) is 0 Å². The number of fused-ring (bicyclic) bond motifs is 3. The van der Waals surface area contributed by atoms with Crippen molar-refractivity contribution < 1.29 is 18.1 Å². The first-order chi connectivity index (χ1) is 20.4. The van der Waals surface area contributed by atoms with Crippen molar-refractivity contribution in [2.24, 2.45) is 0 Å². The lowest BCUT2D eigenvalue weighted by atomic mass is 9.95. The zero-order chi connectivity index (χ0) is 30.9. The van der Waals surface area contributed by atoms with Gasteiger partial charge in [0.25, 0.3) is 0 Å². The number of hydrogen-bond acceptors (Lipinski definition) is 3. The molecule has 0 aliphatic rings. The Morgan fingerprint density at radius 2 is 1.27 bits per heavy atom. The molecule has 0 unspecified atom stereocenters. The first-order valence-corrected chi connectivity index (χ1v) is 10.2. The Morgan fingerprint density at radius 3 is 1.94 bits per heavy atom. The highest BCUT2D eigenvalue weighted by atomic mass is 16.3. The van der Waals surface area contributed by atoms with Crippen LogP contribution in [0.5, 0.6) is 0 Å². The molecule has 1 heterocycles. The van der Waals surface area contributed by atoms with E-state index >= 15 is 0 Å². The van der Waals surface area contributed by atoms with Crippen LogP contribution in [0.3, 0.4) is 0 Å². The molecule has 0 aliphatic heterocycles. The van der Waals surface area contributed by atoms with Crippen molar-refractivity contribution in [1.82, 2.24) is 0 Å². The Morgan fingerprint density at radius 1 is 0.636 bits per heavy atom. The quantitative estimate of drug-likeness (QED) is 0.274. The van der Waals surface area contributed by atoms with Crippen LogP contribution < -0.4 is 11.1 Å². The van der Waals surface area contributed by atoms with Gasteiger partial charge in [0.2, 0.25) is 0 Å². The van der Waals surface area contributed by atoms with Gasteiger partial charge < -0.3 is 15.5 Å². The van der Waals surface area contributed by atoms with Crippen molar-refractivity contribution in [3.05, 3.63) is 115 Å². The maximum Gasteiger partial charge on any atom is 0.160 e. The summed E-state index contributed by atoms with van der Waals surface area (Å²) in [7, 11) is 0. The second-order valence-corrected chi connectivity index (χ2v) is 7.36. The maximum absolute atomic E-state index is 8.65. The molecule has 3 N–H and O–H groups in total. The van der Waals surface area contributed by atoms with E-state index in [-0.39, 0.29) is 33.6 Å². The zero-order valence-electron chi connectivity index (χ0n) is 27.2. The summed E-state index contributed by atoms with van der Waals surface area (Å²) in [5.74, 6) is 0. The molecular formula is C30H22N2O. The number of para-hydroxylation sites is 2. The number of benzene rings is 5. The molecule has 158 valence electrons. The third-order valence-corrected chi connectivity index (χ3v) is 5.43. The Kier molecular flexibility index (Phi) is 2.72. The van der Waals surface area contributed by atoms with Crippen LogP contribution >= 0.6 is 0 Å². The molecule has 5 aromatic carbocycles. The van der Waals surface area contributed by atoms with Crippen molar-refractivity contribution in [2.45, 2.75) is 0 Å². The predicted octanol–water partition coefficient (Wildman–Crippen LogP) is 8.25. The molecule has 0 amide bonds. The molecule has 0 saturated carbocycles. The number of nitrogens with two attached hydrogens (primary N) is 1. The lowest BCUT2D eigenvalue weighted by molar-refractivity contribution is 0.670. The molecule has 1 aromatic heterocycles. The fourth-order valence-corrected chi connectivity index (χ4v) is 3.93. The highest BCUT2D eigenvalue weighted by Gasteiger charge is 2.18. The van der Waals surface area contributed by atoms with Gasteiger partial charge in [0, 0.05) is 21.9 Å². The SMILES string of the molecule is [2H]c1c([2H])c([2H])c(-c2cccc(-c3c([2H])c([2H])c([2H])c([2H])c3[2H])c2Nc2c(N)ccc3c2oc2ccccc23)c([2H])c1[2H]. The second kappa shape index (κ2) is 7.88. The van der Waals surface area contributed by atoms with Crippen molar-refractivity contribution in [2.75, 3.05) is 11.1 Å². The molecule has 0 bridgehead atoms. The lowest BCUT2D eigenvalue weighted by Crippen LogP contribution is -2.00. The van der Waals surface area contributed by atoms with Gasteiger partial charge in [-0.05, 0) is 29.3 Å². The molecule has 33 heavy (non-hydrogen) atoms. The van der Waals surface area contributed by atoms with E-state index in [1.165, 1.54) is 18.2 Å². The number of furan rings is 1. The number of nitrogen functional groups attached to an aromatic ring is 1. The molecule has 0 saturated heterocycles. The highest BCUT2D eigenvalue weighted by molar-refractivity contribution is 6.12. The Balaban J connectivity index is 1.74. The zero-order valence-corrected chi connectivity index (χ0v) is 17.2. The summed E-state index contributed by atoms with van der Waals surface area (Å²) in [6.45, 7) is 0. The topological polar surface area (TPSA) is 51.2 Å². The summed E-state index contributed by atoms with van der Waals surface area (Å²) >= 11 is 0. The summed E-state index contributed by atoms with van der Waals surface area (Å²) < 4.78 is 89.9. The molecule has 0 fully saturated rings. The molecule has 0 atom stereocenters. The summed E-state index contributed by atoms with van der Waals surface area (Å²) in [6, 6.07) is 10.3. The number of hydrogen-bond donors (Lipinski definition) is 2.